The fourth-order valence-electron chi connectivity index (χ4n) is 2.67. The van der Waals surface area contributed by atoms with Gasteiger partial charge in [0.1, 0.15) is 11.4 Å². The third-order valence-corrected chi connectivity index (χ3v) is 3.83. The Morgan fingerprint density at radius 3 is 2.32 bits per heavy atom. The van der Waals surface area contributed by atoms with Gasteiger partial charge in [-0.25, -0.2) is 0 Å². The third-order valence-electron chi connectivity index (χ3n) is 3.83. The molecule has 5 nitrogen and oxygen atoms in total. The molecule has 25 heavy (non-hydrogen) atoms. The number of carboxylic acid groups (broad SMARTS) is 1. The Kier molecular flexibility index (Phi) is 5.67. The minimum atomic E-state index is -0.948. The number of carbonyl (C=O) groups excluding carboxylic acids is 1. The van der Waals surface area contributed by atoms with Crippen LogP contribution in [0.4, 0.5) is 0 Å². The molecule has 0 heterocycles. The highest BCUT2D eigenvalue weighted by atomic mass is 16.6. The molecule has 2 aromatic carbocycles. The van der Waals surface area contributed by atoms with Crippen LogP contribution in [0.1, 0.15) is 45.1 Å². The molecule has 0 aromatic heterocycles. The largest absolute Gasteiger partial charge is 0.497 e. The second-order valence-electron chi connectivity index (χ2n) is 6.99. The lowest BCUT2D eigenvalue weighted by atomic mass is 9.92. The molecule has 0 spiro atoms. The number of carbonyl (C=O) groups is 2. The molecule has 5 heteroatoms. The first kappa shape index (κ1) is 18.8. The summed E-state index contributed by atoms with van der Waals surface area (Å²) in [5.41, 5.74) is 0.103. The van der Waals surface area contributed by atoms with Crippen molar-refractivity contribution in [2.45, 2.75) is 45.1 Å². The fraction of sp³-hybridized carbons (Fsp3) is 0.400. The SMILES string of the molecule is COc1ccc2cc([C@H](CCC(=O)OC(C)(C)C)C(=O)O)ccc2c1. The van der Waals surface area contributed by atoms with E-state index >= 15 is 0 Å². The maximum absolute atomic E-state index is 11.9. The lowest BCUT2D eigenvalue weighted by Gasteiger charge is -2.20. The minimum Gasteiger partial charge on any atom is -0.497 e. The zero-order chi connectivity index (χ0) is 18.6. The predicted molar refractivity (Wildman–Crippen MR) is 96.0 cm³/mol. The van der Waals surface area contributed by atoms with Gasteiger partial charge >= 0.3 is 11.9 Å². The van der Waals surface area contributed by atoms with Crippen LogP contribution in [0, 0.1) is 0 Å². The van der Waals surface area contributed by atoms with Gasteiger partial charge in [-0.05, 0) is 55.7 Å². The normalized spacial score (nSPS) is 12.6. The molecule has 0 fully saturated rings. The molecule has 0 bridgehead atoms. The standard InChI is InChI=1S/C20H24O5/c1-20(2,3)25-18(21)10-9-17(19(22)23)15-6-5-14-12-16(24-4)8-7-13(14)11-15/h5-8,11-12,17H,9-10H2,1-4H3,(H,22,23)/t17-/m0/s1. The highest BCUT2D eigenvalue weighted by Crippen LogP contribution is 2.28. The van der Waals surface area contributed by atoms with Crippen LogP contribution < -0.4 is 4.74 Å². The van der Waals surface area contributed by atoms with Gasteiger partial charge in [-0.15, -0.1) is 0 Å². The smallest absolute Gasteiger partial charge is 0.310 e. The van der Waals surface area contributed by atoms with Crippen LogP contribution in [-0.4, -0.2) is 29.8 Å². The third kappa shape index (κ3) is 5.21. The Morgan fingerprint density at radius 2 is 1.72 bits per heavy atom. The van der Waals surface area contributed by atoms with E-state index in [0.717, 1.165) is 16.5 Å². The quantitative estimate of drug-likeness (QED) is 0.797. The Hall–Kier alpha value is -2.56. The Balaban J connectivity index is 2.18. The van der Waals surface area contributed by atoms with E-state index < -0.39 is 17.5 Å². The predicted octanol–water partition coefficient (Wildman–Crippen LogP) is 4.14. The molecule has 134 valence electrons. The summed E-state index contributed by atoms with van der Waals surface area (Å²) in [5, 5.41) is 11.5. The van der Waals surface area contributed by atoms with Crippen LogP contribution in [0.15, 0.2) is 36.4 Å². The second-order valence-corrected chi connectivity index (χ2v) is 6.99. The van der Waals surface area contributed by atoms with Crippen molar-refractivity contribution in [2.75, 3.05) is 7.11 Å². The van der Waals surface area contributed by atoms with Gasteiger partial charge < -0.3 is 14.6 Å². The zero-order valence-corrected chi connectivity index (χ0v) is 15.0. The average Bonchev–Trinajstić information content (AvgIpc) is 2.52. The van der Waals surface area contributed by atoms with Gasteiger partial charge in [0.25, 0.3) is 0 Å². The fourth-order valence-corrected chi connectivity index (χ4v) is 2.67. The summed E-state index contributed by atoms with van der Waals surface area (Å²) < 4.78 is 10.5. The van der Waals surface area contributed by atoms with Crippen LogP contribution in [-0.2, 0) is 14.3 Å². The zero-order valence-electron chi connectivity index (χ0n) is 15.0. The number of esters is 1. The van der Waals surface area contributed by atoms with E-state index in [-0.39, 0.29) is 18.8 Å². The molecule has 0 aliphatic rings. The number of rotatable bonds is 6. The van der Waals surface area contributed by atoms with Crippen LogP contribution in [0.2, 0.25) is 0 Å². The van der Waals surface area contributed by atoms with Crippen molar-refractivity contribution in [2.24, 2.45) is 0 Å². The number of ether oxygens (including phenoxy) is 2. The van der Waals surface area contributed by atoms with E-state index in [2.05, 4.69) is 0 Å². The van der Waals surface area contributed by atoms with E-state index in [0.29, 0.717) is 5.56 Å². The van der Waals surface area contributed by atoms with Gasteiger partial charge in [-0.2, -0.15) is 0 Å². The maximum Gasteiger partial charge on any atom is 0.310 e. The summed E-state index contributed by atoms with van der Waals surface area (Å²) in [6.07, 6.45) is 0.265. The molecular weight excluding hydrogens is 320 g/mol. The van der Waals surface area contributed by atoms with Crippen molar-refractivity contribution in [1.82, 2.24) is 0 Å². The van der Waals surface area contributed by atoms with Gasteiger partial charge in [0.05, 0.1) is 13.0 Å². The molecule has 1 atom stereocenters. The molecule has 0 aliphatic carbocycles. The number of methoxy groups -OCH3 is 1. The molecule has 0 aliphatic heterocycles. The Morgan fingerprint density at radius 1 is 1.08 bits per heavy atom. The van der Waals surface area contributed by atoms with Gasteiger partial charge in [0.2, 0.25) is 0 Å². The highest BCUT2D eigenvalue weighted by molar-refractivity contribution is 5.86. The van der Waals surface area contributed by atoms with Crippen molar-refractivity contribution in [3.8, 4) is 5.75 Å². The van der Waals surface area contributed by atoms with Crippen molar-refractivity contribution in [3.05, 3.63) is 42.0 Å². The topological polar surface area (TPSA) is 72.8 Å². The van der Waals surface area contributed by atoms with Crippen LogP contribution >= 0.6 is 0 Å². The Bertz CT molecular complexity index is 773. The van der Waals surface area contributed by atoms with E-state index in [4.69, 9.17) is 9.47 Å². The summed E-state index contributed by atoms with van der Waals surface area (Å²) in [5.74, 6) is -1.33. The lowest BCUT2D eigenvalue weighted by molar-refractivity contribution is -0.155. The summed E-state index contributed by atoms with van der Waals surface area (Å²) in [4.78, 5) is 23.5. The van der Waals surface area contributed by atoms with Crippen molar-refractivity contribution < 1.29 is 24.2 Å². The second kappa shape index (κ2) is 7.55. The lowest BCUT2D eigenvalue weighted by Crippen LogP contribution is -2.24. The van der Waals surface area contributed by atoms with E-state index in [1.165, 1.54) is 0 Å². The number of fused-ring (bicyclic) bond motifs is 1. The number of aliphatic carboxylic acids is 1. The first-order valence-electron chi connectivity index (χ1n) is 8.22. The number of carboxylic acids is 1. The Labute approximate surface area is 147 Å². The minimum absolute atomic E-state index is 0.0644. The molecule has 0 radical (unpaired) electrons. The van der Waals surface area contributed by atoms with Crippen LogP contribution in [0.25, 0.3) is 10.8 Å². The van der Waals surface area contributed by atoms with Gasteiger partial charge in [0.15, 0.2) is 0 Å². The van der Waals surface area contributed by atoms with Gasteiger partial charge in [0, 0.05) is 6.42 Å². The molecule has 0 amide bonds. The summed E-state index contributed by atoms with van der Waals surface area (Å²) in [7, 11) is 1.60. The van der Waals surface area contributed by atoms with Crippen molar-refractivity contribution in [3.63, 3.8) is 0 Å². The molecule has 2 aromatic rings. The van der Waals surface area contributed by atoms with E-state index in [1.54, 1.807) is 33.9 Å². The number of hydrogen-bond donors (Lipinski definition) is 1. The maximum atomic E-state index is 11.9. The van der Waals surface area contributed by atoms with Gasteiger partial charge in [-0.1, -0.05) is 24.3 Å². The molecule has 0 saturated carbocycles. The number of hydrogen-bond acceptors (Lipinski definition) is 4. The monoisotopic (exact) mass is 344 g/mol. The molecule has 2 rings (SSSR count). The summed E-state index contributed by atoms with van der Waals surface area (Å²) in [6.45, 7) is 5.37. The average molecular weight is 344 g/mol. The summed E-state index contributed by atoms with van der Waals surface area (Å²) in [6, 6.07) is 11.1. The first-order chi connectivity index (χ1) is 11.7. The van der Waals surface area contributed by atoms with E-state index in [1.807, 2.05) is 30.3 Å². The van der Waals surface area contributed by atoms with Crippen molar-refractivity contribution in [1.29, 1.82) is 0 Å². The first-order valence-corrected chi connectivity index (χ1v) is 8.22. The van der Waals surface area contributed by atoms with E-state index in [9.17, 15) is 14.7 Å². The van der Waals surface area contributed by atoms with Crippen LogP contribution in [0.3, 0.4) is 0 Å². The molecule has 1 N–H and O–H groups in total. The van der Waals surface area contributed by atoms with Crippen molar-refractivity contribution >= 4 is 22.7 Å². The molecule has 0 unspecified atom stereocenters. The summed E-state index contributed by atoms with van der Waals surface area (Å²) >= 11 is 0. The highest BCUT2D eigenvalue weighted by Gasteiger charge is 2.23. The number of benzene rings is 2. The van der Waals surface area contributed by atoms with Gasteiger partial charge in [-0.3, -0.25) is 9.59 Å². The molecular formula is C20H24O5. The molecule has 0 saturated heterocycles. The van der Waals surface area contributed by atoms with Crippen LogP contribution in [0.5, 0.6) is 5.75 Å².